The van der Waals surface area contributed by atoms with Crippen molar-refractivity contribution >= 4 is 11.9 Å². The SMILES string of the molecule is COC(=O)C1CCCCN1C(=O)C1CCCCCC1N. The molecule has 0 spiro atoms. The number of carbonyl (C=O) groups is 2. The van der Waals surface area contributed by atoms with Crippen LogP contribution in [0.25, 0.3) is 0 Å². The van der Waals surface area contributed by atoms with E-state index in [2.05, 4.69) is 0 Å². The lowest BCUT2D eigenvalue weighted by atomic mass is 9.91. The van der Waals surface area contributed by atoms with E-state index >= 15 is 0 Å². The standard InChI is InChI=1S/C15H26N2O3/c1-20-15(19)13-9-5-6-10-17(13)14(18)11-7-3-2-4-8-12(11)16/h11-13H,2-10,16H2,1H3. The maximum absolute atomic E-state index is 12.8. The topological polar surface area (TPSA) is 72.6 Å². The molecule has 20 heavy (non-hydrogen) atoms. The van der Waals surface area contributed by atoms with E-state index in [0.29, 0.717) is 13.0 Å². The van der Waals surface area contributed by atoms with Gasteiger partial charge in [0.15, 0.2) is 0 Å². The molecule has 0 bridgehead atoms. The molecule has 1 aliphatic heterocycles. The zero-order chi connectivity index (χ0) is 14.5. The second-order valence-electron chi connectivity index (χ2n) is 5.97. The number of amides is 1. The monoisotopic (exact) mass is 282 g/mol. The van der Waals surface area contributed by atoms with Crippen molar-refractivity contribution < 1.29 is 14.3 Å². The minimum atomic E-state index is -0.406. The largest absolute Gasteiger partial charge is 0.467 e. The number of rotatable bonds is 2. The normalized spacial score (nSPS) is 31.5. The summed E-state index contributed by atoms with van der Waals surface area (Å²) in [5.74, 6) is -0.350. The molecular weight excluding hydrogens is 256 g/mol. The number of piperidine rings is 1. The van der Waals surface area contributed by atoms with Gasteiger partial charge in [-0.1, -0.05) is 19.3 Å². The summed E-state index contributed by atoms with van der Waals surface area (Å²) in [6.07, 6.45) is 7.71. The number of carbonyl (C=O) groups excluding carboxylic acids is 2. The molecule has 114 valence electrons. The van der Waals surface area contributed by atoms with E-state index < -0.39 is 6.04 Å². The van der Waals surface area contributed by atoms with Crippen molar-refractivity contribution in [2.45, 2.75) is 63.5 Å². The zero-order valence-electron chi connectivity index (χ0n) is 12.3. The van der Waals surface area contributed by atoms with E-state index in [1.54, 1.807) is 4.90 Å². The van der Waals surface area contributed by atoms with Crippen LogP contribution in [0.3, 0.4) is 0 Å². The van der Waals surface area contributed by atoms with Crippen LogP contribution in [0.5, 0.6) is 0 Å². The summed E-state index contributed by atoms with van der Waals surface area (Å²) in [7, 11) is 1.39. The van der Waals surface area contributed by atoms with Gasteiger partial charge in [0.25, 0.3) is 0 Å². The average Bonchev–Trinajstić information content (AvgIpc) is 2.70. The number of hydrogen-bond donors (Lipinski definition) is 1. The fourth-order valence-corrected chi connectivity index (χ4v) is 3.43. The van der Waals surface area contributed by atoms with Crippen molar-refractivity contribution in [1.82, 2.24) is 4.90 Å². The van der Waals surface area contributed by atoms with Crippen LogP contribution in [0.15, 0.2) is 0 Å². The van der Waals surface area contributed by atoms with Crippen molar-refractivity contribution in [3.8, 4) is 0 Å². The van der Waals surface area contributed by atoms with Gasteiger partial charge in [0.1, 0.15) is 6.04 Å². The van der Waals surface area contributed by atoms with Gasteiger partial charge in [0.2, 0.25) is 5.91 Å². The highest BCUT2D eigenvalue weighted by Crippen LogP contribution is 2.27. The Kier molecular flexibility index (Phi) is 5.40. The van der Waals surface area contributed by atoms with Crippen molar-refractivity contribution in [2.75, 3.05) is 13.7 Å². The van der Waals surface area contributed by atoms with Gasteiger partial charge in [-0.05, 0) is 32.1 Å². The van der Waals surface area contributed by atoms with Crippen LogP contribution in [0.1, 0.15) is 51.4 Å². The molecule has 0 aromatic rings. The van der Waals surface area contributed by atoms with Gasteiger partial charge in [0, 0.05) is 12.6 Å². The Bertz CT molecular complexity index is 359. The first-order chi connectivity index (χ1) is 9.65. The van der Waals surface area contributed by atoms with Crippen LogP contribution in [-0.4, -0.2) is 42.5 Å². The predicted octanol–water partition coefficient (Wildman–Crippen LogP) is 1.45. The molecular formula is C15H26N2O3. The molecule has 5 nitrogen and oxygen atoms in total. The Morgan fingerprint density at radius 3 is 2.50 bits per heavy atom. The molecule has 2 rings (SSSR count). The molecule has 3 atom stereocenters. The van der Waals surface area contributed by atoms with Crippen LogP contribution in [-0.2, 0) is 14.3 Å². The van der Waals surface area contributed by atoms with E-state index in [0.717, 1.165) is 44.9 Å². The highest BCUT2D eigenvalue weighted by molar-refractivity contribution is 5.86. The van der Waals surface area contributed by atoms with E-state index in [9.17, 15) is 9.59 Å². The van der Waals surface area contributed by atoms with Gasteiger partial charge in [-0.2, -0.15) is 0 Å². The molecule has 2 N–H and O–H groups in total. The highest BCUT2D eigenvalue weighted by Gasteiger charge is 2.38. The first-order valence-electron chi connectivity index (χ1n) is 7.79. The number of nitrogens with zero attached hydrogens (tertiary/aromatic N) is 1. The van der Waals surface area contributed by atoms with E-state index in [1.165, 1.54) is 7.11 Å². The number of esters is 1. The van der Waals surface area contributed by atoms with Crippen LogP contribution in [0.2, 0.25) is 0 Å². The molecule has 1 heterocycles. The Morgan fingerprint density at radius 2 is 1.75 bits per heavy atom. The summed E-state index contributed by atoms with van der Waals surface area (Å²) in [6.45, 7) is 0.655. The Labute approximate surface area is 120 Å². The molecule has 1 amide bonds. The minimum absolute atomic E-state index is 0.0644. The lowest BCUT2D eigenvalue weighted by Crippen LogP contribution is -2.53. The third-order valence-corrected chi connectivity index (χ3v) is 4.65. The number of likely N-dealkylation sites (tertiary alicyclic amines) is 1. The predicted molar refractivity (Wildman–Crippen MR) is 75.9 cm³/mol. The van der Waals surface area contributed by atoms with Crippen molar-refractivity contribution in [1.29, 1.82) is 0 Å². The number of nitrogens with two attached hydrogens (primary N) is 1. The van der Waals surface area contributed by atoms with Gasteiger partial charge in [-0.15, -0.1) is 0 Å². The molecule has 1 aliphatic carbocycles. The molecule has 0 aromatic carbocycles. The Balaban J connectivity index is 2.09. The Morgan fingerprint density at radius 1 is 1.05 bits per heavy atom. The van der Waals surface area contributed by atoms with Crippen molar-refractivity contribution in [3.63, 3.8) is 0 Å². The summed E-state index contributed by atoms with van der Waals surface area (Å²) in [5.41, 5.74) is 6.18. The van der Waals surface area contributed by atoms with Gasteiger partial charge in [0.05, 0.1) is 13.0 Å². The summed E-state index contributed by atoms with van der Waals surface area (Å²) < 4.78 is 4.84. The molecule has 2 fully saturated rings. The summed E-state index contributed by atoms with van der Waals surface area (Å²) in [5, 5.41) is 0. The summed E-state index contributed by atoms with van der Waals surface area (Å²) in [6, 6.07) is -0.470. The first kappa shape index (κ1) is 15.3. The lowest BCUT2D eigenvalue weighted by Gasteiger charge is -2.37. The van der Waals surface area contributed by atoms with Gasteiger partial charge in [-0.25, -0.2) is 4.79 Å². The highest BCUT2D eigenvalue weighted by atomic mass is 16.5. The third-order valence-electron chi connectivity index (χ3n) is 4.65. The van der Waals surface area contributed by atoms with E-state index in [-0.39, 0.29) is 23.8 Å². The summed E-state index contributed by atoms with van der Waals surface area (Å²) in [4.78, 5) is 26.4. The molecule has 1 saturated heterocycles. The van der Waals surface area contributed by atoms with E-state index in [4.69, 9.17) is 10.5 Å². The average molecular weight is 282 g/mol. The Hall–Kier alpha value is -1.10. The van der Waals surface area contributed by atoms with Gasteiger partial charge < -0.3 is 15.4 Å². The van der Waals surface area contributed by atoms with Crippen LogP contribution in [0, 0.1) is 5.92 Å². The number of hydrogen-bond acceptors (Lipinski definition) is 4. The molecule has 0 radical (unpaired) electrons. The van der Waals surface area contributed by atoms with Crippen LogP contribution >= 0.6 is 0 Å². The van der Waals surface area contributed by atoms with Gasteiger partial charge >= 0.3 is 5.97 Å². The zero-order valence-corrected chi connectivity index (χ0v) is 12.3. The van der Waals surface area contributed by atoms with Crippen molar-refractivity contribution in [2.24, 2.45) is 11.7 Å². The van der Waals surface area contributed by atoms with E-state index in [1.807, 2.05) is 0 Å². The molecule has 0 aromatic heterocycles. The molecule has 2 aliphatic rings. The third kappa shape index (κ3) is 3.32. The quantitative estimate of drug-likeness (QED) is 0.614. The molecule has 3 unspecified atom stereocenters. The maximum Gasteiger partial charge on any atom is 0.328 e. The number of methoxy groups -OCH3 is 1. The lowest BCUT2D eigenvalue weighted by molar-refractivity contribution is -0.156. The molecule has 1 saturated carbocycles. The van der Waals surface area contributed by atoms with Gasteiger partial charge in [-0.3, -0.25) is 4.79 Å². The smallest absolute Gasteiger partial charge is 0.328 e. The number of ether oxygens (including phenoxy) is 1. The fraction of sp³-hybridized carbons (Fsp3) is 0.867. The minimum Gasteiger partial charge on any atom is -0.467 e. The second kappa shape index (κ2) is 7.07. The van der Waals surface area contributed by atoms with Crippen molar-refractivity contribution in [3.05, 3.63) is 0 Å². The molecule has 5 heteroatoms. The maximum atomic E-state index is 12.8. The van der Waals surface area contributed by atoms with Crippen LogP contribution < -0.4 is 5.73 Å². The second-order valence-corrected chi connectivity index (χ2v) is 5.97. The van der Waals surface area contributed by atoms with Crippen LogP contribution in [0.4, 0.5) is 0 Å². The summed E-state index contributed by atoms with van der Waals surface area (Å²) >= 11 is 0. The first-order valence-corrected chi connectivity index (χ1v) is 7.79. The fourth-order valence-electron chi connectivity index (χ4n) is 3.43.